The van der Waals surface area contributed by atoms with Gasteiger partial charge >= 0.3 is 0 Å². The van der Waals surface area contributed by atoms with Gasteiger partial charge < -0.3 is 9.84 Å². The Hall–Kier alpha value is -0.0800. The molecular formula is C12H24O2. The van der Waals surface area contributed by atoms with E-state index in [0.29, 0.717) is 6.61 Å². The molecular weight excluding hydrogens is 176 g/mol. The van der Waals surface area contributed by atoms with Crippen molar-refractivity contribution in [3.8, 4) is 0 Å². The Morgan fingerprint density at radius 1 is 1.29 bits per heavy atom. The summed E-state index contributed by atoms with van der Waals surface area (Å²) in [4.78, 5) is 0. The molecule has 1 rings (SSSR count). The van der Waals surface area contributed by atoms with Crippen LogP contribution in [0.25, 0.3) is 0 Å². The van der Waals surface area contributed by atoms with Gasteiger partial charge in [0.05, 0.1) is 5.60 Å². The van der Waals surface area contributed by atoms with Gasteiger partial charge in [0, 0.05) is 13.7 Å². The third-order valence-corrected chi connectivity index (χ3v) is 3.81. The molecule has 0 aromatic rings. The standard InChI is InChI=1S/C12H24O2/c1-11(2,14-3)8-9-12(10-13)6-4-5-7-12/h13H,4-10H2,1-3H3. The van der Waals surface area contributed by atoms with Gasteiger partial charge in [-0.15, -0.1) is 0 Å². The number of methoxy groups -OCH3 is 1. The molecule has 0 bridgehead atoms. The van der Waals surface area contributed by atoms with Gasteiger partial charge in [0.1, 0.15) is 0 Å². The predicted octanol–water partition coefficient (Wildman–Crippen LogP) is 2.74. The van der Waals surface area contributed by atoms with E-state index in [1.54, 1.807) is 7.11 Å². The average Bonchev–Trinajstić information content (AvgIpc) is 2.65. The van der Waals surface area contributed by atoms with E-state index in [-0.39, 0.29) is 11.0 Å². The molecule has 1 aliphatic carbocycles. The molecule has 0 aromatic heterocycles. The van der Waals surface area contributed by atoms with Gasteiger partial charge in [-0.2, -0.15) is 0 Å². The first-order valence-corrected chi connectivity index (χ1v) is 5.70. The third kappa shape index (κ3) is 2.96. The van der Waals surface area contributed by atoms with Crippen molar-refractivity contribution < 1.29 is 9.84 Å². The number of hydrogen-bond acceptors (Lipinski definition) is 2. The van der Waals surface area contributed by atoms with Crippen LogP contribution in [0, 0.1) is 5.41 Å². The maximum Gasteiger partial charge on any atom is 0.0623 e. The van der Waals surface area contributed by atoms with Crippen LogP contribution < -0.4 is 0 Å². The zero-order valence-electron chi connectivity index (χ0n) is 9.81. The SMILES string of the molecule is COC(C)(C)CCC1(CO)CCCC1. The maximum atomic E-state index is 9.45. The molecule has 0 radical (unpaired) electrons. The van der Waals surface area contributed by atoms with Crippen molar-refractivity contribution in [3.63, 3.8) is 0 Å². The van der Waals surface area contributed by atoms with E-state index in [0.717, 1.165) is 12.8 Å². The van der Waals surface area contributed by atoms with E-state index in [4.69, 9.17) is 4.74 Å². The summed E-state index contributed by atoms with van der Waals surface area (Å²) in [5.41, 5.74) is 0.181. The fraction of sp³-hybridized carbons (Fsp3) is 1.00. The summed E-state index contributed by atoms with van der Waals surface area (Å²) in [5, 5.41) is 9.45. The van der Waals surface area contributed by atoms with E-state index in [1.807, 2.05) is 0 Å². The normalized spacial score (nSPS) is 21.4. The van der Waals surface area contributed by atoms with Crippen LogP contribution >= 0.6 is 0 Å². The van der Waals surface area contributed by atoms with Crippen molar-refractivity contribution in [1.82, 2.24) is 0 Å². The van der Waals surface area contributed by atoms with Crippen molar-refractivity contribution in [2.24, 2.45) is 5.41 Å². The highest BCUT2D eigenvalue weighted by atomic mass is 16.5. The molecule has 0 spiro atoms. The number of aliphatic hydroxyl groups is 1. The molecule has 0 amide bonds. The van der Waals surface area contributed by atoms with E-state index in [1.165, 1.54) is 25.7 Å². The van der Waals surface area contributed by atoms with Crippen LogP contribution in [-0.2, 0) is 4.74 Å². The molecule has 14 heavy (non-hydrogen) atoms. The molecule has 2 nitrogen and oxygen atoms in total. The van der Waals surface area contributed by atoms with Crippen molar-refractivity contribution in [2.75, 3.05) is 13.7 Å². The minimum Gasteiger partial charge on any atom is -0.396 e. The summed E-state index contributed by atoms with van der Waals surface area (Å²) < 4.78 is 5.41. The molecule has 0 aliphatic heterocycles. The van der Waals surface area contributed by atoms with E-state index in [2.05, 4.69) is 13.8 Å². The summed E-state index contributed by atoms with van der Waals surface area (Å²) in [5.74, 6) is 0. The minimum absolute atomic E-state index is 0.0369. The molecule has 1 N–H and O–H groups in total. The lowest BCUT2D eigenvalue weighted by atomic mass is 9.80. The monoisotopic (exact) mass is 200 g/mol. The van der Waals surface area contributed by atoms with Crippen LogP contribution in [0.2, 0.25) is 0 Å². The molecule has 0 atom stereocenters. The quantitative estimate of drug-likeness (QED) is 0.739. The Kier molecular flexibility index (Phi) is 3.96. The summed E-state index contributed by atoms with van der Waals surface area (Å²) in [6, 6.07) is 0. The first-order chi connectivity index (χ1) is 6.54. The summed E-state index contributed by atoms with van der Waals surface area (Å²) in [6.07, 6.45) is 7.11. The van der Waals surface area contributed by atoms with E-state index in [9.17, 15) is 5.11 Å². The molecule has 84 valence electrons. The Labute approximate surface area is 87.7 Å². The van der Waals surface area contributed by atoms with Crippen LogP contribution in [0.15, 0.2) is 0 Å². The third-order valence-electron chi connectivity index (χ3n) is 3.81. The van der Waals surface area contributed by atoms with Crippen molar-refractivity contribution in [3.05, 3.63) is 0 Å². The van der Waals surface area contributed by atoms with Crippen LogP contribution in [-0.4, -0.2) is 24.4 Å². The fourth-order valence-electron chi connectivity index (χ4n) is 2.28. The van der Waals surface area contributed by atoms with Crippen LogP contribution in [0.5, 0.6) is 0 Å². The van der Waals surface area contributed by atoms with Gasteiger partial charge in [-0.1, -0.05) is 12.8 Å². The zero-order chi connectivity index (χ0) is 10.7. The van der Waals surface area contributed by atoms with Crippen molar-refractivity contribution in [2.45, 2.75) is 58.0 Å². The molecule has 0 heterocycles. The zero-order valence-corrected chi connectivity index (χ0v) is 9.81. The van der Waals surface area contributed by atoms with Gasteiger partial charge in [-0.25, -0.2) is 0 Å². The highest BCUT2D eigenvalue weighted by Gasteiger charge is 2.34. The van der Waals surface area contributed by atoms with Gasteiger partial charge in [-0.05, 0) is 44.9 Å². The fourth-order valence-corrected chi connectivity index (χ4v) is 2.28. The van der Waals surface area contributed by atoms with Crippen LogP contribution in [0.1, 0.15) is 52.4 Å². The lowest BCUT2D eigenvalue weighted by Gasteiger charge is -2.31. The van der Waals surface area contributed by atoms with Gasteiger partial charge in [0.25, 0.3) is 0 Å². The van der Waals surface area contributed by atoms with E-state index >= 15 is 0 Å². The molecule has 0 saturated heterocycles. The van der Waals surface area contributed by atoms with Crippen LogP contribution in [0.4, 0.5) is 0 Å². The number of rotatable bonds is 5. The first-order valence-electron chi connectivity index (χ1n) is 5.70. The van der Waals surface area contributed by atoms with Crippen molar-refractivity contribution in [1.29, 1.82) is 0 Å². The Bertz CT molecular complexity index is 169. The highest BCUT2D eigenvalue weighted by Crippen LogP contribution is 2.42. The smallest absolute Gasteiger partial charge is 0.0623 e. The predicted molar refractivity (Wildman–Crippen MR) is 58.3 cm³/mol. The lowest BCUT2D eigenvalue weighted by Crippen LogP contribution is -2.28. The molecule has 0 aromatic carbocycles. The average molecular weight is 200 g/mol. The van der Waals surface area contributed by atoms with Gasteiger partial charge in [0.2, 0.25) is 0 Å². The Morgan fingerprint density at radius 3 is 2.29 bits per heavy atom. The first kappa shape index (κ1) is 12.0. The topological polar surface area (TPSA) is 29.5 Å². The lowest BCUT2D eigenvalue weighted by molar-refractivity contribution is -0.00280. The minimum atomic E-state index is -0.0369. The maximum absolute atomic E-state index is 9.45. The Morgan fingerprint density at radius 2 is 1.86 bits per heavy atom. The second-order valence-corrected chi connectivity index (χ2v) is 5.33. The molecule has 1 saturated carbocycles. The van der Waals surface area contributed by atoms with E-state index < -0.39 is 0 Å². The molecule has 1 aliphatic rings. The summed E-state index contributed by atoms with van der Waals surface area (Å²) in [7, 11) is 1.76. The summed E-state index contributed by atoms with van der Waals surface area (Å²) in [6.45, 7) is 4.59. The van der Waals surface area contributed by atoms with Gasteiger partial charge in [0.15, 0.2) is 0 Å². The van der Waals surface area contributed by atoms with Crippen molar-refractivity contribution >= 4 is 0 Å². The summed E-state index contributed by atoms with van der Waals surface area (Å²) >= 11 is 0. The number of hydrogen-bond donors (Lipinski definition) is 1. The number of aliphatic hydroxyl groups excluding tert-OH is 1. The molecule has 1 fully saturated rings. The van der Waals surface area contributed by atoms with Crippen LogP contribution in [0.3, 0.4) is 0 Å². The number of ether oxygens (including phenoxy) is 1. The largest absolute Gasteiger partial charge is 0.396 e. The highest BCUT2D eigenvalue weighted by molar-refractivity contribution is 4.86. The Balaban J connectivity index is 2.41. The molecule has 2 heteroatoms. The second-order valence-electron chi connectivity index (χ2n) is 5.33. The molecule has 0 unspecified atom stereocenters. The second kappa shape index (κ2) is 4.63. The van der Waals surface area contributed by atoms with Gasteiger partial charge in [-0.3, -0.25) is 0 Å².